The molecule has 0 spiro atoms. The molecule has 1 amide bonds. The van der Waals surface area contributed by atoms with E-state index in [1.54, 1.807) is 48.2 Å². The third-order valence-corrected chi connectivity index (χ3v) is 5.70. The van der Waals surface area contributed by atoms with Crippen molar-refractivity contribution in [1.82, 2.24) is 4.98 Å². The third-order valence-electron chi connectivity index (χ3n) is 5.70. The lowest BCUT2D eigenvalue weighted by atomic mass is 9.89. The minimum Gasteiger partial charge on any atom is -0.478 e. The molecule has 0 fully saturated rings. The van der Waals surface area contributed by atoms with Crippen molar-refractivity contribution < 1.29 is 14.7 Å². The molecule has 1 aliphatic heterocycles. The number of nitrogens with zero attached hydrogens (tertiary/aromatic N) is 3. The third kappa shape index (κ3) is 4.03. The molecule has 0 saturated carbocycles. The van der Waals surface area contributed by atoms with Crippen LogP contribution in [0.4, 0.5) is 11.5 Å². The molecule has 3 aromatic rings. The number of fused-ring (bicyclic) bond motifs is 1. The minimum atomic E-state index is -0.966. The highest BCUT2D eigenvalue weighted by molar-refractivity contribution is 5.94. The highest BCUT2D eigenvalue weighted by Gasteiger charge is 2.32. The average Bonchev–Trinajstić information content (AvgIpc) is 2.79. The zero-order valence-electron chi connectivity index (χ0n) is 17.7. The van der Waals surface area contributed by atoms with Gasteiger partial charge in [0, 0.05) is 24.8 Å². The maximum absolute atomic E-state index is 12.4. The molecule has 7 nitrogen and oxygen atoms in total. The first-order valence-electron chi connectivity index (χ1n) is 10.3. The van der Waals surface area contributed by atoms with Gasteiger partial charge in [0.25, 0.3) is 0 Å². The molecule has 2 atom stereocenters. The van der Waals surface area contributed by atoms with Crippen molar-refractivity contribution in [2.24, 2.45) is 0 Å². The molecular weight excluding hydrogens is 404 g/mol. The molecular formula is C25H22N4O3. The Hall–Kier alpha value is -4.18. The number of anilines is 2. The van der Waals surface area contributed by atoms with E-state index in [1.807, 2.05) is 25.1 Å². The summed E-state index contributed by atoms with van der Waals surface area (Å²) in [7, 11) is 0. The number of hydrogen-bond acceptors (Lipinski definition) is 5. The summed E-state index contributed by atoms with van der Waals surface area (Å²) < 4.78 is 0. The maximum Gasteiger partial charge on any atom is 0.335 e. The largest absolute Gasteiger partial charge is 0.478 e. The number of amides is 1. The Balaban J connectivity index is 1.74. The van der Waals surface area contributed by atoms with Gasteiger partial charge in [0.15, 0.2) is 0 Å². The van der Waals surface area contributed by atoms with Gasteiger partial charge >= 0.3 is 5.97 Å². The standard InChI is InChI=1S/C25H22N4O3/c1-15-11-22(28-24-10-3-17(13-26)14-27-24)21-12-20(8-9-23(21)29(15)16(2)30)18-4-6-19(7-5-18)25(31)32/h3-10,12,14-15,22H,11H2,1-2H3,(H,27,28)(H,31,32)/t15-,22+/m0/s1. The summed E-state index contributed by atoms with van der Waals surface area (Å²) in [6.07, 6.45) is 2.22. The fraction of sp³-hybridized carbons (Fsp3) is 0.200. The molecule has 2 aromatic carbocycles. The van der Waals surface area contributed by atoms with Gasteiger partial charge in [0.2, 0.25) is 5.91 Å². The monoisotopic (exact) mass is 426 g/mol. The predicted octanol–water partition coefficient (Wildman–Crippen LogP) is 4.62. The van der Waals surface area contributed by atoms with Crippen molar-refractivity contribution in [3.8, 4) is 17.2 Å². The second-order valence-electron chi connectivity index (χ2n) is 7.87. The molecule has 1 aliphatic rings. The lowest BCUT2D eigenvalue weighted by Crippen LogP contribution is -2.43. The predicted molar refractivity (Wildman–Crippen MR) is 121 cm³/mol. The number of nitrogens with one attached hydrogen (secondary N) is 1. The molecule has 2 N–H and O–H groups in total. The Kier molecular flexibility index (Phi) is 5.61. The molecule has 0 radical (unpaired) electrons. The molecule has 0 aliphatic carbocycles. The minimum absolute atomic E-state index is 0.00317. The fourth-order valence-corrected chi connectivity index (χ4v) is 4.19. The van der Waals surface area contributed by atoms with Crippen LogP contribution in [-0.4, -0.2) is 28.0 Å². The number of hydrogen-bond donors (Lipinski definition) is 2. The SMILES string of the molecule is CC(=O)N1c2ccc(-c3ccc(C(=O)O)cc3)cc2[C@H](Nc2ccc(C#N)cn2)C[C@@H]1C. The van der Waals surface area contributed by atoms with Crippen LogP contribution >= 0.6 is 0 Å². The normalized spacial score (nSPS) is 17.2. The van der Waals surface area contributed by atoms with Gasteiger partial charge < -0.3 is 15.3 Å². The Morgan fingerprint density at radius 1 is 1.12 bits per heavy atom. The van der Waals surface area contributed by atoms with E-state index in [4.69, 9.17) is 10.4 Å². The van der Waals surface area contributed by atoms with Crippen LogP contribution in [0.3, 0.4) is 0 Å². The Bertz CT molecular complexity index is 1210. The van der Waals surface area contributed by atoms with Gasteiger partial charge in [-0.15, -0.1) is 0 Å². The summed E-state index contributed by atoms with van der Waals surface area (Å²) in [4.78, 5) is 29.7. The van der Waals surface area contributed by atoms with Crippen molar-refractivity contribution in [3.63, 3.8) is 0 Å². The molecule has 0 bridgehead atoms. The summed E-state index contributed by atoms with van der Waals surface area (Å²) in [5.74, 6) is -0.334. The molecule has 1 aromatic heterocycles. The van der Waals surface area contributed by atoms with Crippen LogP contribution in [0.25, 0.3) is 11.1 Å². The van der Waals surface area contributed by atoms with Crippen LogP contribution in [0.2, 0.25) is 0 Å². The average molecular weight is 426 g/mol. The van der Waals surface area contributed by atoms with Gasteiger partial charge in [-0.1, -0.05) is 18.2 Å². The van der Waals surface area contributed by atoms with E-state index in [-0.39, 0.29) is 23.6 Å². The van der Waals surface area contributed by atoms with Crippen LogP contribution in [-0.2, 0) is 4.79 Å². The molecule has 7 heteroatoms. The summed E-state index contributed by atoms with van der Waals surface area (Å²) in [5.41, 5.74) is 4.34. The lowest BCUT2D eigenvalue weighted by Gasteiger charge is -2.39. The quantitative estimate of drug-likeness (QED) is 0.631. The van der Waals surface area contributed by atoms with Gasteiger partial charge in [0.1, 0.15) is 11.9 Å². The first-order valence-corrected chi connectivity index (χ1v) is 10.3. The Morgan fingerprint density at radius 3 is 2.44 bits per heavy atom. The number of carboxylic acids is 1. The number of aromatic carboxylic acids is 1. The van der Waals surface area contributed by atoms with Crippen LogP contribution in [0.15, 0.2) is 60.8 Å². The van der Waals surface area contributed by atoms with Crippen molar-refractivity contribution in [2.75, 3.05) is 10.2 Å². The van der Waals surface area contributed by atoms with Crippen LogP contribution in [0.1, 0.15) is 47.8 Å². The smallest absolute Gasteiger partial charge is 0.335 e. The summed E-state index contributed by atoms with van der Waals surface area (Å²) in [6.45, 7) is 3.58. The number of carbonyl (C=O) groups excluding carboxylic acids is 1. The van der Waals surface area contributed by atoms with Crippen molar-refractivity contribution >= 4 is 23.4 Å². The van der Waals surface area contributed by atoms with E-state index < -0.39 is 5.97 Å². The van der Waals surface area contributed by atoms with E-state index in [1.165, 1.54) is 6.20 Å². The van der Waals surface area contributed by atoms with Crippen LogP contribution < -0.4 is 10.2 Å². The maximum atomic E-state index is 12.4. The number of pyridine rings is 1. The summed E-state index contributed by atoms with van der Waals surface area (Å²) in [5, 5.41) is 21.6. The molecule has 2 heterocycles. The molecule has 160 valence electrons. The zero-order chi connectivity index (χ0) is 22.8. The Morgan fingerprint density at radius 2 is 1.84 bits per heavy atom. The van der Waals surface area contributed by atoms with Crippen LogP contribution in [0.5, 0.6) is 0 Å². The second-order valence-corrected chi connectivity index (χ2v) is 7.87. The van der Waals surface area contributed by atoms with Gasteiger partial charge in [-0.05, 0) is 66.4 Å². The first kappa shape index (κ1) is 21.1. The zero-order valence-corrected chi connectivity index (χ0v) is 17.7. The lowest BCUT2D eigenvalue weighted by molar-refractivity contribution is -0.117. The number of aromatic nitrogens is 1. The van der Waals surface area contributed by atoms with E-state index in [9.17, 15) is 9.59 Å². The number of carbonyl (C=O) groups is 2. The van der Waals surface area contributed by atoms with Crippen LogP contribution in [0, 0.1) is 11.3 Å². The van der Waals surface area contributed by atoms with Crippen molar-refractivity contribution in [3.05, 3.63) is 77.5 Å². The second kappa shape index (κ2) is 8.52. The molecule has 32 heavy (non-hydrogen) atoms. The topological polar surface area (TPSA) is 106 Å². The van der Waals surface area contributed by atoms with Crippen molar-refractivity contribution in [1.29, 1.82) is 5.26 Å². The summed E-state index contributed by atoms with van der Waals surface area (Å²) in [6, 6.07) is 18.1. The van der Waals surface area contributed by atoms with E-state index >= 15 is 0 Å². The number of carboxylic acid groups (broad SMARTS) is 1. The van der Waals surface area contributed by atoms with Gasteiger partial charge in [-0.2, -0.15) is 5.26 Å². The number of rotatable bonds is 4. The van der Waals surface area contributed by atoms with Crippen molar-refractivity contribution in [2.45, 2.75) is 32.4 Å². The van der Waals surface area contributed by atoms with Gasteiger partial charge in [-0.25, -0.2) is 9.78 Å². The summed E-state index contributed by atoms with van der Waals surface area (Å²) >= 11 is 0. The highest BCUT2D eigenvalue weighted by Crippen LogP contribution is 2.41. The van der Waals surface area contributed by atoms with E-state index in [0.29, 0.717) is 17.8 Å². The first-order chi connectivity index (χ1) is 15.4. The molecule has 4 rings (SSSR count). The van der Waals surface area contributed by atoms with E-state index in [2.05, 4.69) is 16.4 Å². The van der Waals surface area contributed by atoms with Gasteiger partial charge in [0.05, 0.1) is 17.2 Å². The number of benzene rings is 2. The molecule has 0 unspecified atom stereocenters. The van der Waals surface area contributed by atoms with Gasteiger partial charge in [-0.3, -0.25) is 4.79 Å². The highest BCUT2D eigenvalue weighted by atomic mass is 16.4. The van der Waals surface area contributed by atoms with E-state index in [0.717, 1.165) is 22.4 Å². The number of nitriles is 1. The molecule has 0 saturated heterocycles. The fourth-order valence-electron chi connectivity index (χ4n) is 4.19. The Labute approximate surface area is 185 Å².